The molecule has 15 nitrogen and oxygen atoms in total. The third-order valence-corrected chi connectivity index (χ3v) is 12.1. The minimum atomic E-state index is -0.360. The number of Topliss-reactive ketones (excluding diaryl/α,β-unsaturated/α-hetero) is 1. The number of hydrogen-bond donors (Lipinski definition) is 3. The molecule has 18 heteroatoms. The first kappa shape index (κ1) is 49.7. The van der Waals surface area contributed by atoms with Gasteiger partial charge in [-0.15, -0.1) is 0 Å². The van der Waals surface area contributed by atoms with Crippen LogP contribution in [0.5, 0.6) is 0 Å². The van der Waals surface area contributed by atoms with Gasteiger partial charge in [0.15, 0.2) is 5.78 Å². The molecule has 2 saturated heterocycles. The number of anilines is 5. The molecule has 2 fully saturated rings. The van der Waals surface area contributed by atoms with Crippen LogP contribution in [0, 0.1) is 25.5 Å². The molecule has 0 saturated carbocycles. The number of carbonyl (C=O) groups is 2. The second-order valence-electron chi connectivity index (χ2n) is 16.5. The van der Waals surface area contributed by atoms with Gasteiger partial charge in [0, 0.05) is 109 Å². The number of nitrogen functional groups attached to an aromatic ring is 1. The van der Waals surface area contributed by atoms with Crippen molar-refractivity contribution < 1.29 is 27.8 Å². The number of carbonyl (C=O) groups excluding carboxylic acids is 2. The van der Waals surface area contributed by atoms with Crippen molar-refractivity contribution in [3.05, 3.63) is 149 Å². The van der Waals surface area contributed by atoms with Gasteiger partial charge in [0.25, 0.3) is 5.91 Å². The molecule has 364 valence electrons. The predicted molar refractivity (Wildman–Crippen MR) is 275 cm³/mol. The number of nitrogens with two attached hydrogens (primary N) is 1. The Morgan fingerprint density at radius 1 is 0.676 bits per heavy atom. The number of aromatic nitrogens is 6. The first-order chi connectivity index (χ1) is 34.4. The maximum atomic E-state index is 14.1. The van der Waals surface area contributed by atoms with Crippen LogP contribution in [0.2, 0.25) is 5.02 Å². The van der Waals surface area contributed by atoms with E-state index in [1.165, 1.54) is 24.3 Å². The molecule has 71 heavy (non-hydrogen) atoms. The number of hydrogen-bond acceptors (Lipinski definition) is 14. The van der Waals surface area contributed by atoms with Gasteiger partial charge >= 0.3 is 0 Å². The number of ketones is 1. The van der Waals surface area contributed by atoms with E-state index >= 15 is 0 Å². The highest BCUT2D eigenvalue weighted by molar-refractivity contribution is 6.31. The average molecular weight is 981 g/mol. The topological polar surface area (TPSA) is 186 Å². The van der Waals surface area contributed by atoms with Crippen LogP contribution in [0.25, 0.3) is 44.6 Å². The van der Waals surface area contributed by atoms with E-state index < -0.39 is 0 Å². The Morgan fingerprint density at radius 2 is 1.21 bits per heavy atom. The largest absolute Gasteiger partial charge is 0.398 e. The molecule has 0 unspecified atom stereocenters. The summed E-state index contributed by atoms with van der Waals surface area (Å²) in [6.45, 7) is 11.2. The lowest BCUT2D eigenvalue weighted by atomic mass is 10.0. The normalized spacial score (nSPS) is 13.5. The lowest BCUT2D eigenvalue weighted by Crippen LogP contribution is -2.37. The maximum Gasteiger partial charge on any atom is 0.269 e. The molecule has 0 atom stereocenters. The van der Waals surface area contributed by atoms with Crippen molar-refractivity contribution in [2.75, 3.05) is 80.5 Å². The summed E-state index contributed by atoms with van der Waals surface area (Å²) in [4.78, 5) is 55.2. The Morgan fingerprint density at radius 3 is 1.76 bits per heavy atom. The van der Waals surface area contributed by atoms with Crippen LogP contribution < -0.4 is 26.2 Å². The second kappa shape index (κ2) is 22.8. The molecule has 0 spiro atoms. The first-order valence-electron chi connectivity index (χ1n) is 23.1. The van der Waals surface area contributed by atoms with Crippen molar-refractivity contribution in [3.63, 3.8) is 0 Å². The summed E-state index contributed by atoms with van der Waals surface area (Å²) in [6.07, 6.45) is 3.77. The summed E-state index contributed by atoms with van der Waals surface area (Å²) < 4.78 is 38.2. The van der Waals surface area contributed by atoms with Gasteiger partial charge in [-0.05, 0) is 80.6 Å². The van der Waals surface area contributed by atoms with Crippen molar-refractivity contribution in [1.82, 2.24) is 35.2 Å². The fourth-order valence-electron chi connectivity index (χ4n) is 8.05. The van der Waals surface area contributed by atoms with Gasteiger partial charge in [-0.25, -0.2) is 28.7 Å². The van der Waals surface area contributed by atoms with Gasteiger partial charge < -0.3 is 35.6 Å². The molecule has 2 aromatic carbocycles. The van der Waals surface area contributed by atoms with Crippen LogP contribution in [0.15, 0.2) is 109 Å². The molecule has 2 aliphatic heterocycles. The number of nitrogens with zero attached hydrogens (tertiary/aromatic N) is 8. The van der Waals surface area contributed by atoms with E-state index in [2.05, 4.69) is 45.4 Å². The summed E-state index contributed by atoms with van der Waals surface area (Å²) >= 11 is 5.99. The zero-order chi connectivity index (χ0) is 50.0. The maximum absolute atomic E-state index is 14.1. The Kier molecular flexibility index (Phi) is 16.0. The zero-order valence-corrected chi connectivity index (χ0v) is 40.4. The lowest BCUT2D eigenvalue weighted by molar-refractivity contribution is 0.0955. The van der Waals surface area contributed by atoms with E-state index in [0.717, 1.165) is 63.7 Å². The van der Waals surface area contributed by atoms with Crippen molar-refractivity contribution >= 4 is 73.8 Å². The summed E-state index contributed by atoms with van der Waals surface area (Å²) in [5.74, 6) is 0.496. The minimum Gasteiger partial charge on any atom is -0.398 e. The second-order valence-corrected chi connectivity index (χ2v) is 17.0. The summed E-state index contributed by atoms with van der Waals surface area (Å²) in [5.41, 5.74) is 14.6. The van der Waals surface area contributed by atoms with E-state index in [9.17, 15) is 18.4 Å². The molecule has 4 N–H and O–H groups in total. The average Bonchev–Trinajstić information content (AvgIpc) is 3.41. The van der Waals surface area contributed by atoms with Crippen molar-refractivity contribution in [2.45, 2.75) is 27.2 Å². The highest BCUT2D eigenvalue weighted by atomic mass is 35.5. The Hall–Kier alpha value is -7.73. The Bertz CT molecular complexity index is 3200. The summed E-state index contributed by atoms with van der Waals surface area (Å²) in [5, 5.41) is 8.09. The van der Waals surface area contributed by atoms with Crippen molar-refractivity contribution in [3.8, 4) is 22.8 Å². The third-order valence-electron chi connectivity index (χ3n) is 11.8. The number of benzene rings is 2. The van der Waals surface area contributed by atoms with Crippen LogP contribution in [-0.2, 0) is 9.47 Å². The van der Waals surface area contributed by atoms with E-state index in [4.69, 9.17) is 31.8 Å². The van der Waals surface area contributed by atoms with Crippen LogP contribution in [-0.4, -0.2) is 101 Å². The van der Waals surface area contributed by atoms with Gasteiger partial charge in [0.05, 0.1) is 65.9 Å². The van der Waals surface area contributed by atoms with Gasteiger partial charge in [0.1, 0.15) is 34.7 Å². The first-order valence-corrected chi connectivity index (χ1v) is 23.4. The predicted octanol–water partition coefficient (Wildman–Crippen LogP) is 9.57. The number of ether oxygens (including phenoxy) is 2. The SMILES string of the molecule is CCC(=O)c1cc(Nc2c(C)c(-c3ccccn3)nc3cc(F)ccc23)cc(N2CCOCC2)n1.CNC(=O)c1cc(Cl)cc(N2CCOCC2)n1.Cc1c(-c2ccccn2)nc2cc(F)ccc2c1N. The van der Waals surface area contributed by atoms with E-state index in [0.29, 0.717) is 96.2 Å². The van der Waals surface area contributed by atoms with Gasteiger partial charge in [0.2, 0.25) is 0 Å². The monoisotopic (exact) mass is 979 g/mol. The number of nitrogens with one attached hydrogen (secondary N) is 2. The Labute approximate surface area is 414 Å². The highest BCUT2D eigenvalue weighted by Gasteiger charge is 2.21. The molecular weight excluding hydrogens is 928 g/mol. The zero-order valence-electron chi connectivity index (χ0n) is 39.7. The van der Waals surface area contributed by atoms with Gasteiger partial charge in [-0.3, -0.25) is 19.6 Å². The minimum absolute atomic E-state index is 0.0317. The van der Waals surface area contributed by atoms with Crippen molar-refractivity contribution in [2.24, 2.45) is 0 Å². The van der Waals surface area contributed by atoms with Crippen molar-refractivity contribution in [1.29, 1.82) is 0 Å². The van der Waals surface area contributed by atoms with Crippen LogP contribution in [0.4, 0.5) is 37.5 Å². The molecule has 0 radical (unpaired) electrons. The fraction of sp³-hybridized carbons (Fsp3) is 0.245. The number of amides is 1. The van der Waals surface area contributed by atoms with E-state index in [1.54, 1.807) is 49.8 Å². The van der Waals surface area contributed by atoms with Gasteiger partial charge in [-0.1, -0.05) is 30.7 Å². The smallest absolute Gasteiger partial charge is 0.269 e. The molecule has 1 amide bonds. The summed E-state index contributed by atoms with van der Waals surface area (Å²) in [7, 11) is 1.57. The van der Waals surface area contributed by atoms with Crippen LogP contribution >= 0.6 is 11.6 Å². The Balaban J connectivity index is 0.000000158. The highest BCUT2D eigenvalue weighted by Crippen LogP contribution is 2.36. The number of rotatable bonds is 9. The number of halogens is 3. The molecule has 10 rings (SSSR count). The van der Waals surface area contributed by atoms with Gasteiger partial charge in [-0.2, -0.15) is 0 Å². The third kappa shape index (κ3) is 11.8. The fourth-order valence-corrected chi connectivity index (χ4v) is 8.25. The molecule has 2 aliphatic rings. The molecular formula is C53H52ClF2N11O4. The van der Waals surface area contributed by atoms with E-state index in [-0.39, 0.29) is 23.3 Å². The van der Waals surface area contributed by atoms with Crippen LogP contribution in [0.3, 0.4) is 0 Å². The standard InChI is InChI=1S/C27H26FN5O2.C15H12FN3.C11H14ClN3O2/c1-3-24(34)23-15-19(16-25(31-23)33-10-12-35-13-11-33)30-26-17(2)27(21-6-4-5-9-29-21)32-22-14-18(28)7-8-20(22)26;1-9-14(17)11-6-5-10(16)8-13(11)19-15(9)12-4-2-3-7-18-12;1-13-11(16)9-6-8(12)7-10(14-9)15-2-4-17-5-3-15/h4-9,14-16H,3,10-13H2,1-2H3,(H,30,31,32);2-8H,1H3,(H2,17,19);6-7H,2-5H2,1H3,(H,13,16). The molecule has 0 bridgehead atoms. The number of fused-ring (bicyclic) bond motifs is 2. The molecule has 6 aromatic heterocycles. The molecule has 8 aromatic rings. The molecule has 8 heterocycles. The van der Waals surface area contributed by atoms with E-state index in [1.807, 2.05) is 63.2 Å². The van der Waals surface area contributed by atoms with Crippen LogP contribution in [0.1, 0.15) is 45.4 Å². The molecule has 0 aliphatic carbocycles. The summed E-state index contributed by atoms with van der Waals surface area (Å²) in [6, 6.07) is 27.2. The quantitative estimate of drug-likeness (QED) is 0.116. The number of pyridine rings is 6. The number of morpholine rings is 2. The lowest BCUT2D eigenvalue weighted by Gasteiger charge is -2.28.